The molecule has 0 amide bonds. The van der Waals surface area contributed by atoms with Gasteiger partial charge in [-0.3, -0.25) is 4.90 Å². The van der Waals surface area contributed by atoms with E-state index in [1.165, 1.54) is 12.1 Å². The average molecular weight is 379 g/mol. The molecule has 0 unspecified atom stereocenters. The average Bonchev–Trinajstić information content (AvgIpc) is 2.71. The molecular formula is C24H26FNO2. The van der Waals surface area contributed by atoms with Crippen LogP contribution in [0.1, 0.15) is 16.7 Å². The maximum atomic E-state index is 13.2. The molecule has 1 N–H and O–H groups in total. The van der Waals surface area contributed by atoms with E-state index in [1.807, 2.05) is 54.6 Å². The largest absolute Gasteiger partial charge is 0.497 e. The van der Waals surface area contributed by atoms with Crippen molar-refractivity contribution in [3.8, 4) is 5.75 Å². The van der Waals surface area contributed by atoms with Crippen LogP contribution < -0.4 is 4.74 Å². The topological polar surface area (TPSA) is 32.7 Å². The second kappa shape index (κ2) is 10.0. The van der Waals surface area contributed by atoms with Crippen molar-refractivity contribution in [1.82, 2.24) is 4.90 Å². The monoisotopic (exact) mass is 379 g/mol. The van der Waals surface area contributed by atoms with Crippen LogP contribution in [0.5, 0.6) is 5.75 Å². The predicted octanol–water partition coefficient (Wildman–Crippen LogP) is 4.44. The van der Waals surface area contributed by atoms with Crippen molar-refractivity contribution >= 4 is 0 Å². The van der Waals surface area contributed by atoms with Crippen molar-refractivity contribution in [2.75, 3.05) is 13.7 Å². The minimum Gasteiger partial charge on any atom is -0.497 e. The smallest absolute Gasteiger partial charge is 0.123 e. The summed E-state index contributed by atoms with van der Waals surface area (Å²) in [4.78, 5) is 2.18. The molecule has 0 radical (unpaired) electrons. The fourth-order valence-electron chi connectivity index (χ4n) is 3.27. The molecule has 0 bridgehead atoms. The number of benzene rings is 3. The van der Waals surface area contributed by atoms with Gasteiger partial charge in [0.05, 0.1) is 13.2 Å². The van der Waals surface area contributed by atoms with Gasteiger partial charge in [0.2, 0.25) is 0 Å². The van der Waals surface area contributed by atoms with Gasteiger partial charge in [0.15, 0.2) is 0 Å². The van der Waals surface area contributed by atoms with Crippen molar-refractivity contribution in [2.45, 2.75) is 25.6 Å². The zero-order chi connectivity index (χ0) is 19.8. The van der Waals surface area contributed by atoms with Crippen LogP contribution >= 0.6 is 0 Å². The van der Waals surface area contributed by atoms with E-state index in [0.29, 0.717) is 26.1 Å². The van der Waals surface area contributed by atoms with Gasteiger partial charge in [-0.1, -0.05) is 54.6 Å². The quantitative estimate of drug-likeness (QED) is 0.597. The Kier molecular flexibility index (Phi) is 7.18. The van der Waals surface area contributed by atoms with Gasteiger partial charge in [-0.05, 0) is 47.4 Å². The molecule has 0 aliphatic carbocycles. The molecule has 28 heavy (non-hydrogen) atoms. The van der Waals surface area contributed by atoms with Crippen molar-refractivity contribution in [3.63, 3.8) is 0 Å². The standard InChI is InChI=1S/C24H26FNO2/c1-28-24-13-9-21(10-14-24)17-26(16-20-7-11-22(25)12-8-20)18-23(27)15-19-5-3-2-4-6-19/h2-14,23,27H,15-18H2,1H3/t23-/m1/s1. The van der Waals surface area contributed by atoms with Crippen molar-refractivity contribution in [2.24, 2.45) is 0 Å². The number of halogens is 1. The third kappa shape index (κ3) is 6.19. The van der Waals surface area contributed by atoms with Gasteiger partial charge in [-0.15, -0.1) is 0 Å². The molecule has 0 saturated heterocycles. The minimum atomic E-state index is -0.485. The number of hydrogen-bond acceptors (Lipinski definition) is 3. The van der Waals surface area contributed by atoms with Crippen LogP contribution in [-0.2, 0) is 19.5 Å². The number of hydrogen-bond donors (Lipinski definition) is 1. The number of rotatable bonds is 9. The molecule has 0 aliphatic heterocycles. The van der Waals surface area contributed by atoms with Gasteiger partial charge in [0, 0.05) is 19.6 Å². The summed E-state index contributed by atoms with van der Waals surface area (Å²) in [5, 5.41) is 10.6. The summed E-state index contributed by atoms with van der Waals surface area (Å²) in [5.74, 6) is 0.576. The molecule has 4 heteroatoms. The Bertz CT molecular complexity index is 835. The Labute approximate surface area is 166 Å². The molecule has 0 spiro atoms. The molecule has 3 nitrogen and oxygen atoms in total. The summed E-state index contributed by atoms with van der Waals surface area (Å²) in [6.45, 7) is 1.85. The lowest BCUT2D eigenvalue weighted by Crippen LogP contribution is -2.33. The molecule has 0 aliphatic rings. The lowest BCUT2D eigenvalue weighted by atomic mass is 10.1. The zero-order valence-corrected chi connectivity index (χ0v) is 16.1. The van der Waals surface area contributed by atoms with E-state index in [1.54, 1.807) is 19.2 Å². The van der Waals surface area contributed by atoms with Gasteiger partial charge in [-0.2, -0.15) is 0 Å². The van der Waals surface area contributed by atoms with E-state index in [-0.39, 0.29) is 5.82 Å². The number of aliphatic hydroxyl groups excluding tert-OH is 1. The number of aliphatic hydroxyl groups is 1. The Hall–Kier alpha value is -2.69. The van der Waals surface area contributed by atoms with Crippen LogP contribution in [0.2, 0.25) is 0 Å². The normalized spacial score (nSPS) is 12.1. The van der Waals surface area contributed by atoms with Crippen molar-refractivity contribution in [3.05, 3.63) is 101 Å². The second-order valence-electron chi connectivity index (χ2n) is 6.99. The van der Waals surface area contributed by atoms with Crippen LogP contribution in [0.25, 0.3) is 0 Å². The minimum absolute atomic E-state index is 0.241. The molecule has 1 atom stereocenters. The van der Waals surface area contributed by atoms with Crippen LogP contribution in [0, 0.1) is 5.82 Å². The molecule has 146 valence electrons. The van der Waals surface area contributed by atoms with Gasteiger partial charge in [-0.25, -0.2) is 4.39 Å². The van der Waals surface area contributed by atoms with E-state index in [4.69, 9.17) is 4.74 Å². The summed E-state index contributed by atoms with van der Waals surface area (Å²) < 4.78 is 18.5. The molecule has 3 aromatic rings. The first-order valence-corrected chi connectivity index (χ1v) is 9.44. The number of methoxy groups -OCH3 is 1. The zero-order valence-electron chi connectivity index (χ0n) is 16.1. The lowest BCUT2D eigenvalue weighted by molar-refractivity contribution is 0.104. The van der Waals surface area contributed by atoms with Crippen molar-refractivity contribution < 1.29 is 14.2 Å². The first kappa shape index (κ1) is 20.1. The summed E-state index contributed by atoms with van der Waals surface area (Å²) >= 11 is 0. The van der Waals surface area contributed by atoms with Crippen LogP contribution in [0.15, 0.2) is 78.9 Å². The SMILES string of the molecule is COc1ccc(CN(Cc2ccc(F)cc2)C[C@H](O)Cc2ccccc2)cc1. The fourth-order valence-corrected chi connectivity index (χ4v) is 3.27. The second-order valence-corrected chi connectivity index (χ2v) is 6.99. The molecule has 0 heterocycles. The molecule has 0 fully saturated rings. The van der Waals surface area contributed by atoms with Gasteiger partial charge < -0.3 is 9.84 Å². The summed E-state index contributed by atoms with van der Waals surface area (Å²) in [6.07, 6.45) is 0.115. The van der Waals surface area contributed by atoms with Crippen LogP contribution in [-0.4, -0.2) is 29.8 Å². The van der Waals surface area contributed by atoms with E-state index in [9.17, 15) is 9.50 Å². The Morgan fingerprint density at radius 2 is 1.39 bits per heavy atom. The highest BCUT2D eigenvalue weighted by atomic mass is 19.1. The van der Waals surface area contributed by atoms with Gasteiger partial charge in [0.1, 0.15) is 11.6 Å². The molecular weight excluding hydrogens is 353 g/mol. The summed E-state index contributed by atoms with van der Waals surface area (Å²) in [6, 6.07) is 24.4. The number of nitrogens with zero attached hydrogens (tertiary/aromatic N) is 1. The third-order valence-electron chi connectivity index (χ3n) is 4.67. The molecule has 0 saturated carbocycles. The van der Waals surface area contributed by atoms with Crippen LogP contribution in [0.3, 0.4) is 0 Å². The predicted molar refractivity (Wildman–Crippen MR) is 110 cm³/mol. The molecule has 0 aromatic heterocycles. The van der Waals surface area contributed by atoms with E-state index in [0.717, 1.165) is 22.4 Å². The van der Waals surface area contributed by atoms with E-state index in [2.05, 4.69) is 4.90 Å². The third-order valence-corrected chi connectivity index (χ3v) is 4.67. The Morgan fingerprint density at radius 1 is 0.821 bits per heavy atom. The Morgan fingerprint density at radius 3 is 1.96 bits per heavy atom. The maximum Gasteiger partial charge on any atom is 0.123 e. The molecule has 3 rings (SSSR count). The van der Waals surface area contributed by atoms with E-state index >= 15 is 0 Å². The first-order chi connectivity index (χ1) is 13.6. The first-order valence-electron chi connectivity index (χ1n) is 9.44. The Balaban J connectivity index is 1.69. The van der Waals surface area contributed by atoms with Crippen molar-refractivity contribution in [1.29, 1.82) is 0 Å². The fraction of sp³-hybridized carbons (Fsp3) is 0.250. The highest BCUT2D eigenvalue weighted by Gasteiger charge is 2.14. The molecule has 3 aromatic carbocycles. The van der Waals surface area contributed by atoms with Gasteiger partial charge >= 0.3 is 0 Å². The number of ether oxygens (including phenoxy) is 1. The highest BCUT2D eigenvalue weighted by Crippen LogP contribution is 2.16. The van der Waals surface area contributed by atoms with E-state index < -0.39 is 6.10 Å². The lowest BCUT2D eigenvalue weighted by Gasteiger charge is -2.25. The summed E-state index contributed by atoms with van der Waals surface area (Å²) in [5.41, 5.74) is 3.26. The summed E-state index contributed by atoms with van der Waals surface area (Å²) in [7, 11) is 1.65. The van der Waals surface area contributed by atoms with Crippen LogP contribution in [0.4, 0.5) is 4.39 Å². The van der Waals surface area contributed by atoms with Gasteiger partial charge in [0.25, 0.3) is 0 Å². The highest BCUT2D eigenvalue weighted by molar-refractivity contribution is 5.27. The maximum absolute atomic E-state index is 13.2.